The topological polar surface area (TPSA) is 92.1 Å². The number of fused-ring (bicyclic) bond motifs is 2. The van der Waals surface area contributed by atoms with Crippen LogP contribution in [0.15, 0.2) is 48.8 Å². The minimum absolute atomic E-state index is 0.00171. The molecule has 3 heterocycles. The molecule has 9 heteroatoms. The number of nitrogens with one attached hydrogen (secondary N) is 1. The molecule has 2 aromatic heterocycles. The summed E-state index contributed by atoms with van der Waals surface area (Å²) in [4.78, 5) is 25.6. The number of nitrogens with zero attached hydrogens (tertiary/aromatic N) is 7. The lowest BCUT2D eigenvalue weighted by Crippen LogP contribution is -2.49. The fourth-order valence-corrected chi connectivity index (χ4v) is 3.92. The van der Waals surface area contributed by atoms with E-state index in [0.29, 0.717) is 12.1 Å². The van der Waals surface area contributed by atoms with E-state index in [2.05, 4.69) is 35.4 Å². The zero-order valence-electron chi connectivity index (χ0n) is 16.7. The smallest absolute Gasteiger partial charge is 0.238 e. The summed E-state index contributed by atoms with van der Waals surface area (Å²) in [6.45, 7) is 3.44. The SMILES string of the molecule is Cn1nnc2c(N3CCN(CC(=O)Nc4cccc5ccccc45)CC3)ncnc21. The van der Waals surface area contributed by atoms with Gasteiger partial charge >= 0.3 is 0 Å². The highest BCUT2D eigenvalue weighted by atomic mass is 16.2. The summed E-state index contributed by atoms with van der Waals surface area (Å²) in [5, 5.41) is 13.5. The maximum Gasteiger partial charge on any atom is 0.238 e. The number of aromatic nitrogens is 5. The maximum absolute atomic E-state index is 12.6. The van der Waals surface area contributed by atoms with Crippen LogP contribution in [0.25, 0.3) is 21.9 Å². The molecule has 1 aliphatic heterocycles. The zero-order valence-corrected chi connectivity index (χ0v) is 16.7. The maximum atomic E-state index is 12.6. The third-order valence-corrected chi connectivity index (χ3v) is 5.47. The lowest BCUT2D eigenvalue weighted by Gasteiger charge is -2.34. The van der Waals surface area contributed by atoms with Gasteiger partial charge in [-0.2, -0.15) is 0 Å². The summed E-state index contributed by atoms with van der Waals surface area (Å²) in [6, 6.07) is 14.0. The Hall–Kier alpha value is -3.59. The number of amides is 1. The highest BCUT2D eigenvalue weighted by Gasteiger charge is 2.23. The number of hydrogen-bond donors (Lipinski definition) is 1. The quantitative estimate of drug-likeness (QED) is 0.555. The Morgan fingerprint density at radius 1 is 1.03 bits per heavy atom. The average molecular weight is 402 g/mol. The second-order valence-electron chi connectivity index (χ2n) is 7.42. The summed E-state index contributed by atoms with van der Waals surface area (Å²) in [5.74, 6) is 0.797. The van der Waals surface area contributed by atoms with Crippen molar-refractivity contribution in [3.63, 3.8) is 0 Å². The van der Waals surface area contributed by atoms with E-state index >= 15 is 0 Å². The van der Waals surface area contributed by atoms with E-state index in [4.69, 9.17) is 0 Å². The van der Waals surface area contributed by atoms with Crippen LogP contribution in [0.5, 0.6) is 0 Å². The number of hydrogen-bond acceptors (Lipinski definition) is 7. The molecule has 0 atom stereocenters. The standard InChI is InChI=1S/C21H22N8O/c1-27-20-19(25-26-27)21(23-14-22-20)29-11-9-28(10-12-29)13-18(30)24-17-8-4-6-15-5-2-3-7-16(15)17/h2-8,14H,9-13H2,1H3,(H,24,30). The van der Waals surface area contributed by atoms with Gasteiger partial charge in [0, 0.05) is 44.3 Å². The summed E-state index contributed by atoms with van der Waals surface area (Å²) >= 11 is 0. The number of piperazine rings is 1. The molecule has 152 valence electrons. The first-order valence-electron chi connectivity index (χ1n) is 9.94. The van der Waals surface area contributed by atoms with Crippen molar-refractivity contribution in [3.05, 3.63) is 48.8 Å². The molecule has 0 saturated carbocycles. The number of carbonyl (C=O) groups is 1. The lowest BCUT2D eigenvalue weighted by molar-refractivity contribution is -0.117. The van der Waals surface area contributed by atoms with Crippen molar-refractivity contribution in [1.82, 2.24) is 29.9 Å². The highest BCUT2D eigenvalue weighted by Crippen LogP contribution is 2.23. The molecule has 30 heavy (non-hydrogen) atoms. The Morgan fingerprint density at radius 3 is 2.70 bits per heavy atom. The van der Waals surface area contributed by atoms with Crippen LogP contribution in [-0.4, -0.2) is 68.5 Å². The Kier molecular flexibility index (Phi) is 4.72. The van der Waals surface area contributed by atoms with Crippen LogP contribution in [0.3, 0.4) is 0 Å². The normalized spacial score (nSPS) is 15.0. The van der Waals surface area contributed by atoms with E-state index in [9.17, 15) is 4.79 Å². The molecule has 4 aromatic rings. The van der Waals surface area contributed by atoms with E-state index < -0.39 is 0 Å². The van der Waals surface area contributed by atoms with E-state index in [1.807, 2.05) is 49.5 Å². The molecule has 1 aliphatic rings. The van der Waals surface area contributed by atoms with Crippen LogP contribution < -0.4 is 10.2 Å². The second kappa shape index (κ2) is 7.68. The van der Waals surface area contributed by atoms with Crippen LogP contribution in [0.2, 0.25) is 0 Å². The first-order chi connectivity index (χ1) is 14.7. The minimum atomic E-state index is -0.00171. The number of benzene rings is 2. The summed E-state index contributed by atoms with van der Waals surface area (Å²) in [7, 11) is 1.82. The Bertz CT molecular complexity index is 1210. The van der Waals surface area contributed by atoms with Crippen LogP contribution in [0.1, 0.15) is 0 Å². The monoisotopic (exact) mass is 402 g/mol. The molecule has 1 amide bonds. The van der Waals surface area contributed by atoms with Crippen LogP contribution in [0.4, 0.5) is 11.5 Å². The van der Waals surface area contributed by atoms with E-state index in [1.54, 1.807) is 11.0 Å². The molecule has 5 rings (SSSR count). The summed E-state index contributed by atoms with van der Waals surface area (Å²) in [5.41, 5.74) is 2.28. The summed E-state index contributed by atoms with van der Waals surface area (Å²) < 4.78 is 1.65. The van der Waals surface area contributed by atoms with Crippen LogP contribution in [0, 0.1) is 0 Å². The van der Waals surface area contributed by atoms with E-state index in [1.165, 1.54) is 0 Å². The number of anilines is 2. The zero-order chi connectivity index (χ0) is 20.5. The molecule has 0 aliphatic carbocycles. The van der Waals surface area contributed by atoms with Gasteiger partial charge < -0.3 is 10.2 Å². The average Bonchev–Trinajstić information content (AvgIpc) is 3.16. The van der Waals surface area contributed by atoms with Crippen molar-refractivity contribution in [2.75, 3.05) is 42.9 Å². The molecule has 9 nitrogen and oxygen atoms in total. The van der Waals surface area contributed by atoms with Gasteiger partial charge in [-0.05, 0) is 11.5 Å². The van der Waals surface area contributed by atoms with Crippen molar-refractivity contribution < 1.29 is 4.79 Å². The van der Waals surface area contributed by atoms with E-state index in [0.717, 1.165) is 54.1 Å². The van der Waals surface area contributed by atoms with Gasteiger partial charge in [0.1, 0.15) is 6.33 Å². The first-order valence-corrected chi connectivity index (χ1v) is 9.94. The van der Waals surface area contributed by atoms with Gasteiger partial charge in [0.15, 0.2) is 17.0 Å². The predicted molar refractivity (Wildman–Crippen MR) is 115 cm³/mol. The van der Waals surface area contributed by atoms with Crippen molar-refractivity contribution in [2.45, 2.75) is 0 Å². The molecule has 1 N–H and O–H groups in total. The Labute approximate surface area is 173 Å². The Morgan fingerprint density at radius 2 is 1.83 bits per heavy atom. The molecule has 0 radical (unpaired) electrons. The number of carbonyl (C=O) groups excluding carboxylic acids is 1. The second-order valence-corrected chi connectivity index (χ2v) is 7.42. The fraction of sp³-hybridized carbons (Fsp3) is 0.286. The van der Waals surface area contributed by atoms with Crippen molar-refractivity contribution in [2.24, 2.45) is 7.05 Å². The fourth-order valence-electron chi connectivity index (χ4n) is 3.92. The van der Waals surface area contributed by atoms with Gasteiger partial charge in [0.2, 0.25) is 5.91 Å². The minimum Gasteiger partial charge on any atom is -0.352 e. The molecule has 2 aromatic carbocycles. The van der Waals surface area contributed by atoms with Crippen molar-refractivity contribution >= 4 is 39.3 Å². The number of rotatable bonds is 4. The first kappa shape index (κ1) is 18.4. The van der Waals surface area contributed by atoms with Gasteiger partial charge in [-0.1, -0.05) is 41.6 Å². The molecular weight excluding hydrogens is 380 g/mol. The third-order valence-electron chi connectivity index (χ3n) is 5.47. The Balaban J connectivity index is 1.22. The molecule has 1 fully saturated rings. The molecule has 1 saturated heterocycles. The summed E-state index contributed by atoms with van der Waals surface area (Å²) in [6.07, 6.45) is 1.55. The molecular formula is C21H22N8O. The van der Waals surface area contributed by atoms with Gasteiger partial charge in [-0.3, -0.25) is 9.69 Å². The predicted octanol–water partition coefficient (Wildman–Crippen LogP) is 1.67. The molecule has 0 unspecified atom stereocenters. The lowest BCUT2D eigenvalue weighted by atomic mass is 10.1. The van der Waals surface area contributed by atoms with Gasteiger partial charge in [-0.15, -0.1) is 5.10 Å². The van der Waals surface area contributed by atoms with Crippen LogP contribution in [-0.2, 0) is 11.8 Å². The van der Waals surface area contributed by atoms with Gasteiger partial charge in [-0.25, -0.2) is 14.6 Å². The highest BCUT2D eigenvalue weighted by molar-refractivity contribution is 6.02. The van der Waals surface area contributed by atoms with Gasteiger partial charge in [0.05, 0.1) is 6.54 Å². The van der Waals surface area contributed by atoms with Crippen molar-refractivity contribution in [3.8, 4) is 0 Å². The molecule has 0 spiro atoms. The van der Waals surface area contributed by atoms with Crippen molar-refractivity contribution in [1.29, 1.82) is 0 Å². The largest absolute Gasteiger partial charge is 0.352 e. The number of aryl methyl sites for hydroxylation is 1. The van der Waals surface area contributed by atoms with Crippen LogP contribution >= 0.6 is 0 Å². The van der Waals surface area contributed by atoms with E-state index in [-0.39, 0.29) is 5.91 Å². The van der Waals surface area contributed by atoms with Gasteiger partial charge in [0.25, 0.3) is 0 Å². The molecule has 0 bridgehead atoms. The third kappa shape index (κ3) is 3.43.